The number of aromatic nitrogens is 1. The number of hydrogen-bond donors (Lipinski definition) is 0. The van der Waals surface area contributed by atoms with Crippen LogP contribution in [0.1, 0.15) is 47.6 Å². The first-order valence-corrected chi connectivity index (χ1v) is 10.0. The Morgan fingerprint density at radius 3 is 2.37 bits per heavy atom. The van der Waals surface area contributed by atoms with Crippen LogP contribution in [0.15, 0.2) is 79.1 Å². The lowest BCUT2D eigenvalue weighted by molar-refractivity contribution is 0.0742. The van der Waals surface area contributed by atoms with E-state index in [4.69, 9.17) is 4.74 Å². The first-order valence-electron chi connectivity index (χ1n) is 10.0. The molecule has 27 heavy (non-hydrogen) atoms. The van der Waals surface area contributed by atoms with E-state index >= 15 is 0 Å². The second-order valence-corrected chi connectivity index (χ2v) is 7.46. The van der Waals surface area contributed by atoms with E-state index in [1.807, 2.05) is 18.5 Å². The lowest BCUT2D eigenvalue weighted by Gasteiger charge is -2.25. The number of nitrogens with zero attached hydrogens (tertiary/aromatic N) is 1. The molecule has 138 valence electrons. The van der Waals surface area contributed by atoms with E-state index < -0.39 is 0 Å². The molecule has 2 aromatic carbocycles. The Morgan fingerprint density at radius 1 is 0.852 bits per heavy atom. The fourth-order valence-corrected chi connectivity index (χ4v) is 4.14. The summed E-state index contributed by atoms with van der Waals surface area (Å²) in [5.41, 5.74) is 5.47. The van der Waals surface area contributed by atoms with Crippen molar-refractivity contribution in [3.63, 3.8) is 0 Å². The molecular formula is C25H27NO. The fraction of sp³-hybridized carbons (Fsp3) is 0.320. The van der Waals surface area contributed by atoms with Crippen LogP contribution < -0.4 is 0 Å². The number of rotatable bonds is 7. The summed E-state index contributed by atoms with van der Waals surface area (Å²) in [5, 5.41) is 0. The lowest BCUT2D eigenvalue weighted by atomic mass is 9.82. The quantitative estimate of drug-likeness (QED) is 0.501. The molecular weight excluding hydrogens is 330 g/mol. The largest absolute Gasteiger partial charge is 0.369 e. The van der Waals surface area contributed by atoms with Gasteiger partial charge >= 0.3 is 0 Å². The minimum atomic E-state index is -0.0127. The van der Waals surface area contributed by atoms with E-state index in [2.05, 4.69) is 65.6 Å². The summed E-state index contributed by atoms with van der Waals surface area (Å²) < 4.78 is 6.35. The van der Waals surface area contributed by atoms with E-state index in [1.165, 1.54) is 36.8 Å². The van der Waals surface area contributed by atoms with Crippen LogP contribution in [0.3, 0.4) is 0 Å². The summed E-state index contributed by atoms with van der Waals surface area (Å²) in [6.45, 7) is 0.792. The van der Waals surface area contributed by atoms with Crippen LogP contribution in [0.25, 0.3) is 0 Å². The number of pyridine rings is 1. The van der Waals surface area contributed by atoms with Crippen molar-refractivity contribution in [3.8, 4) is 0 Å². The van der Waals surface area contributed by atoms with Crippen molar-refractivity contribution in [2.24, 2.45) is 5.92 Å². The average molecular weight is 357 g/mol. The van der Waals surface area contributed by atoms with Gasteiger partial charge in [0.15, 0.2) is 0 Å². The molecule has 0 aliphatic heterocycles. The molecule has 3 aromatic rings. The molecule has 0 spiro atoms. The first-order chi connectivity index (χ1) is 13.4. The highest BCUT2D eigenvalue weighted by molar-refractivity contribution is 5.30. The second-order valence-electron chi connectivity index (χ2n) is 7.46. The molecule has 1 aromatic heterocycles. The van der Waals surface area contributed by atoms with Crippen LogP contribution in [0.4, 0.5) is 0 Å². The molecule has 1 aliphatic carbocycles. The average Bonchev–Trinajstić information content (AvgIpc) is 2.75. The number of ether oxygens (including phenoxy) is 1. The minimum Gasteiger partial charge on any atom is -0.369 e. The summed E-state index contributed by atoms with van der Waals surface area (Å²) in [6.07, 6.45) is 9.79. The van der Waals surface area contributed by atoms with Crippen molar-refractivity contribution < 1.29 is 4.74 Å². The zero-order valence-electron chi connectivity index (χ0n) is 15.8. The summed E-state index contributed by atoms with van der Waals surface area (Å²) in [7, 11) is 0. The summed E-state index contributed by atoms with van der Waals surface area (Å²) in [6, 6.07) is 23.5. The van der Waals surface area contributed by atoms with Crippen molar-refractivity contribution in [1.82, 2.24) is 4.98 Å². The van der Waals surface area contributed by atoms with Gasteiger partial charge in [0, 0.05) is 19.0 Å². The van der Waals surface area contributed by atoms with E-state index in [-0.39, 0.29) is 6.10 Å². The van der Waals surface area contributed by atoms with Crippen LogP contribution in [0, 0.1) is 5.92 Å². The van der Waals surface area contributed by atoms with Crippen molar-refractivity contribution in [1.29, 1.82) is 0 Å². The SMILES string of the molecule is c1ccc(C(OCCCC2CCc3ccccc3C2)c2ccncc2)cc1. The van der Waals surface area contributed by atoms with E-state index in [9.17, 15) is 0 Å². The van der Waals surface area contributed by atoms with Crippen LogP contribution >= 0.6 is 0 Å². The van der Waals surface area contributed by atoms with E-state index in [0.717, 1.165) is 18.9 Å². The van der Waals surface area contributed by atoms with Gasteiger partial charge in [0.2, 0.25) is 0 Å². The molecule has 0 radical (unpaired) electrons. The van der Waals surface area contributed by atoms with Crippen LogP contribution in [-0.2, 0) is 17.6 Å². The van der Waals surface area contributed by atoms with Gasteiger partial charge in [-0.2, -0.15) is 0 Å². The van der Waals surface area contributed by atoms with Gasteiger partial charge in [-0.1, -0.05) is 54.6 Å². The van der Waals surface area contributed by atoms with Crippen molar-refractivity contribution in [3.05, 3.63) is 101 Å². The molecule has 0 N–H and O–H groups in total. The van der Waals surface area contributed by atoms with E-state index in [1.54, 1.807) is 11.1 Å². The van der Waals surface area contributed by atoms with Gasteiger partial charge in [0.1, 0.15) is 6.10 Å². The molecule has 0 amide bonds. The molecule has 2 unspecified atom stereocenters. The predicted molar refractivity (Wildman–Crippen MR) is 110 cm³/mol. The van der Waals surface area contributed by atoms with Gasteiger partial charge in [0.25, 0.3) is 0 Å². The summed E-state index contributed by atoms with van der Waals surface area (Å²) >= 11 is 0. The lowest BCUT2D eigenvalue weighted by Crippen LogP contribution is -2.15. The molecule has 1 aliphatic rings. The maximum absolute atomic E-state index is 6.35. The Hall–Kier alpha value is -2.45. The van der Waals surface area contributed by atoms with Gasteiger partial charge in [-0.05, 0) is 72.4 Å². The third kappa shape index (κ3) is 4.64. The molecule has 2 heteroatoms. The van der Waals surface area contributed by atoms with Gasteiger partial charge in [0.05, 0.1) is 0 Å². The fourth-order valence-electron chi connectivity index (χ4n) is 4.14. The minimum absolute atomic E-state index is 0.0127. The molecule has 2 atom stereocenters. The van der Waals surface area contributed by atoms with Crippen LogP contribution in [0.5, 0.6) is 0 Å². The highest BCUT2D eigenvalue weighted by Gasteiger charge is 2.19. The standard InChI is InChI=1S/C25H27NO/c1-2-9-22(10-3-1)25(23-14-16-26-17-15-23)27-18-6-7-20-12-13-21-8-4-5-11-24(21)19-20/h1-5,8-11,14-17,20,25H,6-7,12-13,18-19H2. The highest BCUT2D eigenvalue weighted by atomic mass is 16.5. The van der Waals surface area contributed by atoms with Crippen molar-refractivity contribution in [2.45, 2.75) is 38.2 Å². The van der Waals surface area contributed by atoms with Crippen LogP contribution in [-0.4, -0.2) is 11.6 Å². The Balaban J connectivity index is 1.33. The molecule has 0 saturated heterocycles. The van der Waals surface area contributed by atoms with Crippen LogP contribution in [0.2, 0.25) is 0 Å². The van der Waals surface area contributed by atoms with Gasteiger partial charge in [-0.15, -0.1) is 0 Å². The monoisotopic (exact) mass is 357 g/mol. The maximum Gasteiger partial charge on any atom is 0.108 e. The Labute approximate surface area is 162 Å². The van der Waals surface area contributed by atoms with Crippen molar-refractivity contribution in [2.75, 3.05) is 6.61 Å². The molecule has 0 fully saturated rings. The zero-order valence-corrected chi connectivity index (χ0v) is 15.8. The maximum atomic E-state index is 6.35. The molecule has 0 saturated carbocycles. The number of aryl methyl sites for hydroxylation is 1. The first kappa shape index (κ1) is 17.9. The smallest absolute Gasteiger partial charge is 0.108 e. The topological polar surface area (TPSA) is 22.1 Å². The zero-order chi connectivity index (χ0) is 18.3. The molecule has 2 nitrogen and oxygen atoms in total. The van der Waals surface area contributed by atoms with E-state index in [0.29, 0.717) is 0 Å². The highest BCUT2D eigenvalue weighted by Crippen LogP contribution is 2.29. The van der Waals surface area contributed by atoms with Crippen molar-refractivity contribution >= 4 is 0 Å². The van der Waals surface area contributed by atoms with Gasteiger partial charge < -0.3 is 4.74 Å². The number of hydrogen-bond acceptors (Lipinski definition) is 2. The molecule has 4 rings (SSSR count). The molecule has 0 bridgehead atoms. The predicted octanol–water partition coefficient (Wildman–Crippen LogP) is 5.77. The van der Waals surface area contributed by atoms with Gasteiger partial charge in [-0.3, -0.25) is 4.98 Å². The summed E-state index contributed by atoms with van der Waals surface area (Å²) in [4.78, 5) is 4.14. The normalized spacial score (nSPS) is 17.3. The Kier molecular flexibility index (Phi) is 5.96. The van der Waals surface area contributed by atoms with Gasteiger partial charge in [-0.25, -0.2) is 0 Å². The molecule has 1 heterocycles. The number of fused-ring (bicyclic) bond motifs is 1. The third-order valence-corrected chi connectivity index (χ3v) is 5.60. The Morgan fingerprint density at radius 2 is 1.56 bits per heavy atom. The second kappa shape index (κ2) is 8.96. The number of benzene rings is 2. The third-order valence-electron chi connectivity index (χ3n) is 5.60. The Bertz CT molecular complexity index is 792. The summed E-state index contributed by atoms with van der Waals surface area (Å²) in [5.74, 6) is 0.791.